The molecule has 0 fully saturated rings. The second-order valence-corrected chi connectivity index (χ2v) is 17.5. The van der Waals surface area contributed by atoms with E-state index < -0.39 is 23.7 Å². The lowest BCUT2D eigenvalue weighted by Gasteiger charge is -2.39. The van der Waals surface area contributed by atoms with Crippen LogP contribution < -0.4 is 4.43 Å². The van der Waals surface area contributed by atoms with E-state index in [1.807, 2.05) is 18.2 Å². The first-order chi connectivity index (χ1) is 11.1. The molecule has 0 bridgehead atoms. The summed E-state index contributed by atoms with van der Waals surface area (Å²) in [6, 6.07) is 5.69. The fourth-order valence-electron chi connectivity index (χ4n) is 2.08. The standard InChI is InChI=1S/C20H36O3Si2/c1-18(2,3)24-23-20(7,8)16-13-15(14-21)11-12-17(16)22-25(9,10)19(4,5)6/h11-14H,24H2,1-10H3. The maximum absolute atomic E-state index is 11.3. The zero-order valence-electron chi connectivity index (χ0n) is 17.7. The number of carbonyl (C=O) groups is 1. The Kier molecular flexibility index (Phi) is 6.52. The van der Waals surface area contributed by atoms with Crippen molar-refractivity contribution < 1.29 is 13.6 Å². The van der Waals surface area contributed by atoms with Crippen molar-refractivity contribution in [1.82, 2.24) is 0 Å². The Hall–Kier alpha value is -0.916. The summed E-state index contributed by atoms with van der Waals surface area (Å²) in [6.45, 7) is 22.0. The molecular weight excluding hydrogens is 344 g/mol. The number of aldehydes is 1. The molecule has 0 aliphatic rings. The van der Waals surface area contributed by atoms with Crippen LogP contribution in [0, 0.1) is 0 Å². The van der Waals surface area contributed by atoms with Crippen LogP contribution in [0.1, 0.15) is 71.3 Å². The smallest absolute Gasteiger partial charge is 0.250 e. The minimum Gasteiger partial charge on any atom is -0.543 e. The monoisotopic (exact) mass is 380 g/mol. The summed E-state index contributed by atoms with van der Waals surface area (Å²) in [4.78, 5) is 11.3. The molecule has 1 rings (SSSR count). The van der Waals surface area contributed by atoms with Crippen LogP contribution in [-0.2, 0) is 10.0 Å². The summed E-state index contributed by atoms with van der Waals surface area (Å²) in [5.41, 5.74) is 1.15. The highest BCUT2D eigenvalue weighted by atomic mass is 28.4. The van der Waals surface area contributed by atoms with Crippen LogP contribution >= 0.6 is 0 Å². The second kappa shape index (κ2) is 7.37. The normalized spacial score (nSPS) is 14.2. The third-order valence-electron chi connectivity index (χ3n) is 4.83. The van der Waals surface area contributed by atoms with Crippen molar-refractivity contribution in [1.29, 1.82) is 0 Å². The Morgan fingerprint density at radius 2 is 1.56 bits per heavy atom. The lowest BCUT2D eigenvalue weighted by molar-refractivity contribution is 0.107. The molecule has 0 atom stereocenters. The molecule has 0 heterocycles. The van der Waals surface area contributed by atoms with E-state index in [0.717, 1.165) is 17.6 Å². The number of hydrogen-bond acceptors (Lipinski definition) is 3. The predicted octanol–water partition coefficient (Wildman–Crippen LogP) is 5.44. The summed E-state index contributed by atoms with van der Waals surface area (Å²) in [5.74, 6) is 0.852. The van der Waals surface area contributed by atoms with Gasteiger partial charge in [-0.05, 0) is 55.2 Å². The van der Waals surface area contributed by atoms with Gasteiger partial charge in [-0.25, -0.2) is 0 Å². The van der Waals surface area contributed by atoms with Gasteiger partial charge in [0.05, 0.1) is 5.60 Å². The molecule has 0 aliphatic carbocycles. The number of carbonyl (C=O) groups excluding carboxylic acids is 1. The van der Waals surface area contributed by atoms with Crippen LogP contribution in [0.4, 0.5) is 0 Å². The van der Waals surface area contributed by atoms with Gasteiger partial charge in [-0.2, -0.15) is 0 Å². The fraction of sp³-hybridized carbons (Fsp3) is 0.650. The van der Waals surface area contributed by atoms with E-state index in [-0.39, 0.29) is 10.1 Å². The minimum atomic E-state index is -1.98. The van der Waals surface area contributed by atoms with Gasteiger partial charge in [0.15, 0.2) is 9.76 Å². The highest BCUT2D eigenvalue weighted by Gasteiger charge is 2.40. The fourth-order valence-corrected chi connectivity index (χ4v) is 4.07. The van der Waals surface area contributed by atoms with Crippen LogP contribution in [0.2, 0.25) is 23.2 Å². The summed E-state index contributed by atoms with van der Waals surface area (Å²) in [5, 5.41) is 0.318. The van der Waals surface area contributed by atoms with E-state index >= 15 is 0 Å². The highest BCUT2D eigenvalue weighted by molar-refractivity contribution is 6.74. The van der Waals surface area contributed by atoms with E-state index in [1.165, 1.54) is 0 Å². The van der Waals surface area contributed by atoms with Gasteiger partial charge in [0.2, 0.25) is 8.32 Å². The molecule has 0 saturated carbocycles. The van der Waals surface area contributed by atoms with Crippen molar-refractivity contribution in [3.63, 3.8) is 0 Å². The minimum absolute atomic E-state index is 0.110. The number of benzene rings is 1. The molecule has 0 unspecified atom stereocenters. The van der Waals surface area contributed by atoms with E-state index in [1.54, 1.807) is 0 Å². The Morgan fingerprint density at radius 3 is 2.00 bits per heavy atom. The molecular formula is C20H36O3Si2. The first-order valence-corrected chi connectivity index (χ1v) is 13.2. The van der Waals surface area contributed by atoms with Crippen LogP contribution in [0.3, 0.4) is 0 Å². The molecule has 0 saturated heterocycles. The molecule has 0 spiro atoms. The van der Waals surface area contributed by atoms with E-state index in [4.69, 9.17) is 8.85 Å². The molecule has 0 aliphatic heterocycles. The quantitative estimate of drug-likeness (QED) is 0.487. The SMILES string of the molecule is CC(C)(C)[SiH2]OC(C)(C)c1cc(C=O)ccc1O[Si](C)(C)C(C)(C)C. The topological polar surface area (TPSA) is 35.5 Å². The van der Waals surface area contributed by atoms with Crippen molar-refractivity contribution in [2.45, 2.75) is 84.2 Å². The molecule has 1 aromatic carbocycles. The van der Waals surface area contributed by atoms with Crippen molar-refractivity contribution >= 4 is 24.4 Å². The van der Waals surface area contributed by atoms with Gasteiger partial charge in [-0.3, -0.25) is 4.79 Å². The van der Waals surface area contributed by atoms with Crippen LogP contribution in [0.25, 0.3) is 0 Å². The average Bonchev–Trinajstić information content (AvgIpc) is 2.43. The first kappa shape index (κ1) is 22.1. The molecule has 5 heteroatoms. The van der Waals surface area contributed by atoms with Crippen molar-refractivity contribution in [2.24, 2.45) is 0 Å². The Morgan fingerprint density at radius 1 is 1.00 bits per heavy atom. The molecule has 0 aromatic heterocycles. The van der Waals surface area contributed by atoms with Gasteiger partial charge in [0, 0.05) is 11.1 Å². The zero-order chi connectivity index (χ0) is 19.7. The third kappa shape index (κ3) is 6.08. The third-order valence-corrected chi connectivity index (χ3v) is 10.9. The van der Waals surface area contributed by atoms with E-state index in [9.17, 15) is 4.79 Å². The predicted molar refractivity (Wildman–Crippen MR) is 112 cm³/mol. The van der Waals surface area contributed by atoms with Gasteiger partial charge < -0.3 is 8.85 Å². The van der Waals surface area contributed by atoms with Gasteiger partial charge in [0.1, 0.15) is 12.0 Å². The van der Waals surface area contributed by atoms with Crippen LogP contribution in [0.5, 0.6) is 5.75 Å². The largest absolute Gasteiger partial charge is 0.543 e. The molecule has 142 valence electrons. The van der Waals surface area contributed by atoms with Crippen molar-refractivity contribution in [3.8, 4) is 5.75 Å². The first-order valence-electron chi connectivity index (χ1n) is 9.02. The maximum atomic E-state index is 11.3. The Balaban J connectivity index is 3.30. The molecule has 0 N–H and O–H groups in total. The lowest BCUT2D eigenvalue weighted by Crippen LogP contribution is -2.44. The van der Waals surface area contributed by atoms with E-state index in [2.05, 4.69) is 68.5 Å². The van der Waals surface area contributed by atoms with Crippen molar-refractivity contribution in [2.75, 3.05) is 0 Å². The molecule has 1 aromatic rings. The van der Waals surface area contributed by atoms with Crippen LogP contribution in [0.15, 0.2) is 18.2 Å². The number of hydrogen-bond donors (Lipinski definition) is 0. The summed E-state index contributed by atoms with van der Waals surface area (Å²) in [7, 11) is -2.71. The molecule has 25 heavy (non-hydrogen) atoms. The van der Waals surface area contributed by atoms with E-state index in [0.29, 0.717) is 5.56 Å². The maximum Gasteiger partial charge on any atom is 0.250 e. The Bertz CT molecular complexity index is 608. The highest BCUT2D eigenvalue weighted by Crippen LogP contribution is 2.41. The average molecular weight is 381 g/mol. The zero-order valence-corrected chi connectivity index (χ0v) is 20.2. The summed E-state index contributed by atoms with van der Waals surface area (Å²) in [6.07, 6.45) is 0.886. The Labute approximate surface area is 157 Å². The second-order valence-electron chi connectivity index (χ2n) is 10.1. The molecule has 3 nitrogen and oxygen atoms in total. The van der Waals surface area contributed by atoms with Crippen molar-refractivity contribution in [3.05, 3.63) is 29.3 Å². The lowest BCUT2D eigenvalue weighted by atomic mass is 9.96. The molecule has 0 amide bonds. The number of rotatable bonds is 6. The van der Waals surface area contributed by atoms with Gasteiger partial charge in [-0.15, -0.1) is 0 Å². The summed E-state index contributed by atoms with van der Waals surface area (Å²) >= 11 is 0. The van der Waals surface area contributed by atoms with Crippen LogP contribution in [-0.4, -0.2) is 24.4 Å². The van der Waals surface area contributed by atoms with Gasteiger partial charge in [-0.1, -0.05) is 41.5 Å². The van der Waals surface area contributed by atoms with Gasteiger partial charge in [0.25, 0.3) is 0 Å². The molecule has 0 radical (unpaired) electrons. The van der Waals surface area contributed by atoms with Gasteiger partial charge >= 0.3 is 0 Å². The summed E-state index contributed by atoms with van der Waals surface area (Å²) < 4.78 is 13.0.